The number of aryl methyl sites for hydroxylation is 2. The molecular weight excluding hydrogens is 452 g/mol. The summed E-state index contributed by atoms with van der Waals surface area (Å²) < 4.78 is 1.68. The van der Waals surface area contributed by atoms with Crippen molar-refractivity contribution in [3.63, 3.8) is 0 Å². The number of hydrogen-bond acceptors (Lipinski definition) is 2. The summed E-state index contributed by atoms with van der Waals surface area (Å²) in [5, 5.41) is 1.68. The smallest absolute Gasteiger partial charge is 0.251 e. The van der Waals surface area contributed by atoms with Gasteiger partial charge >= 0.3 is 0 Å². The van der Waals surface area contributed by atoms with Gasteiger partial charge in [0.05, 0.1) is 5.52 Å². The molecule has 4 heteroatoms. The Morgan fingerprint density at radius 2 is 1.74 bits per heavy atom. The number of aromatic nitrogens is 2. The van der Waals surface area contributed by atoms with Gasteiger partial charge in [-0.2, -0.15) is 0 Å². The van der Waals surface area contributed by atoms with Crippen LogP contribution in [-0.4, -0.2) is 9.55 Å². The number of nitrogens with zero attached hydrogens (tertiary/aromatic N) is 2. The molecule has 0 amide bonds. The van der Waals surface area contributed by atoms with Crippen molar-refractivity contribution in [2.45, 2.75) is 12.8 Å². The van der Waals surface area contributed by atoms with Crippen LogP contribution < -0.4 is 5.56 Å². The molecule has 0 N–H and O–H groups in total. The van der Waals surface area contributed by atoms with Crippen LogP contribution in [0.25, 0.3) is 22.0 Å². The first-order valence-electron chi connectivity index (χ1n) is 11.3. The fourth-order valence-electron chi connectivity index (χ4n) is 4.66. The van der Waals surface area contributed by atoms with Gasteiger partial charge in [0.2, 0.25) is 0 Å². The Morgan fingerprint density at radius 3 is 2.49 bits per heavy atom. The lowest BCUT2D eigenvalue weighted by Gasteiger charge is -2.22. The van der Waals surface area contributed by atoms with Crippen LogP contribution in [0.15, 0.2) is 96.1 Å². The van der Waals surface area contributed by atoms with Crippen molar-refractivity contribution < 1.29 is 0 Å². The molecule has 0 spiro atoms. The average molecular weight is 475 g/mol. The van der Waals surface area contributed by atoms with Crippen molar-refractivity contribution in [2.24, 2.45) is 7.05 Å². The molecule has 0 saturated carbocycles. The zero-order chi connectivity index (χ0) is 24.5. The van der Waals surface area contributed by atoms with E-state index in [2.05, 4.69) is 42.1 Å². The Hall–Kier alpha value is -4.13. The lowest BCUT2D eigenvalue weighted by molar-refractivity contribution is 0.903. The van der Waals surface area contributed by atoms with E-state index in [1.54, 1.807) is 17.7 Å². The molecule has 2 aromatic heterocycles. The van der Waals surface area contributed by atoms with Crippen molar-refractivity contribution in [3.8, 4) is 23.5 Å². The zero-order valence-corrected chi connectivity index (χ0v) is 20.3. The van der Waals surface area contributed by atoms with E-state index in [9.17, 15) is 4.79 Å². The van der Waals surface area contributed by atoms with Crippen molar-refractivity contribution in [1.29, 1.82) is 0 Å². The van der Waals surface area contributed by atoms with Crippen LogP contribution in [0.3, 0.4) is 0 Å². The highest BCUT2D eigenvalue weighted by molar-refractivity contribution is 6.30. The highest BCUT2D eigenvalue weighted by Crippen LogP contribution is 2.37. The third-order valence-corrected chi connectivity index (χ3v) is 6.79. The van der Waals surface area contributed by atoms with Gasteiger partial charge in [0.25, 0.3) is 5.56 Å². The van der Waals surface area contributed by atoms with E-state index < -0.39 is 0 Å². The van der Waals surface area contributed by atoms with Gasteiger partial charge in [-0.25, -0.2) is 0 Å². The summed E-state index contributed by atoms with van der Waals surface area (Å²) in [6, 6.07) is 25.7. The molecule has 2 heterocycles. The second-order valence-corrected chi connectivity index (χ2v) is 9.11. The summed E-state index contributed by atoms with van der Waals surface area (Å²) in [7, 11) is 1.80. The predicted octanol–water partition coefficient (Wildman–Crippen LogP) is 6.72. The van der Waals surface area contributed by atoms with Gasteiger partial charge in [0.15, 0.2) is 0 Å². The number of terminal acetylenes is 1. The van der Waals surface area contributed by atoms with Crippen LogP contribution in [0.5, 0.6) is 0 Å². The number of pyridine rings is 2. The number of halogens is 1. The fraction of sp³-hybridized carbons (Fsp3) is 0.0968. The quantitative estimate of drug-likeness (QED) is 0.271. The molecule has 35 heavy (non-hydrogen) atoms. The summed E-state index contributed by atoms with van der Waals surface area (Å²) in [5.41, 5.74) is 7.84. The standard InChI is InChI=1S/C31H23ClN2O/c1-4-21-6-5-7-23(16-21)26-18-30(35)34(3)29-13-10-24(17-27(26)29)31(22-8-11-25(32)12-9-22)28-19-33-15-14-20(28)2/h1,5-19,31H,2-3H3/t31-/m0/s1. The number of hydrogen-bond donors (Lipinski definition) is 0. The van der Waals surface area contributed by atoms with E-state index in [1.165, 1.54) is 0 Å². The number of benzene rings is 3. The first-order valence-corrected chi connectivity index (χ1v) is 11.7. The van der Waals surface area contributed by atoms with Crippen LogP contribution in [0.1, 0.15) is 33.7 Å². The average Bonchev–Trinajstić information content (AvgIpc) is 2.88. The summed E-state index contributed by atoms with van der Waals surface area (Å²) >= 11 is 6.20. The molecule has 0 aliphatic carbocycles. The van der Waals surface area contributed by atoms with E-state index in [1.807, 2.05) is 60.9 Å². The lowest BCUT2D eigenvalue weighted by Crippen LogP contribution is -2.16. The minimum absolute atomic E-state index is 0.0486. The van der Waals surface area contributed by atoms with Crippen LogP contribution >= 0.6 is 11.6 Å². The number of rotatable bonds is 4. The van der Waals surface area contributed by atoms with Crippen LogP contribution in [0.4, 0.5) is 0 Å². The SMILES string of the molecule is C#Cc1cccc(-c2cc(=O)n(C)c3ccc([C@H](c4ccc(Cl)cc4)c4cnccc4C)cc23)c1. The Bertz CT molecular complexity index is 1660. The second kappa shape index (κ2) is 9.25. The normalized spacial score (nSPS) is 11.8. The van der Waals surface area contributed by atoms with E-state index in [-0.39, 0.29) is 11.5 Å². The molecule has 3 nitrogen and oxygen atoms in total. The molecule has 5 rings (SSSR count). The molecule has 0 unspecified atom stereocenters. The minimum atomic E-state index is -0.0660. The molecule has 0 saturated heterocycles. The van der Waals surface area contributed by atoms with E-state index in [0.29, 0.717) is 5.02 Å². The van der Waals surface area contributed by atoms with Crippen LogP contribution in [0.2, 0.25) is 5.02 Å². The van der Waals surface area contributed by atoms with E-state index in [4.69, 9.17) is 18.0 Å². The molecule has 0 radical (unpaired) electrons. The summed E-state index contributed by atoms with van der Waals surface area (Å²) in [6.07, 6.45) is 9.39. The molecule has 5 aromatic rings. The van der Waals surface area contributed by atoms with Gasteiger partial charge in [-0.15, -0.1) is 6.42 Å². The van der Waals surface area contributed by atoms with Crippen molar-refractivity contribution in [2.75, 3.05) is 0 Å². The Labute approximate surface area is 209 Å². The zero-order valence-electron chi connectivity index (χ0n) is 19.5. The molecule has 0 aliphatic heterocycles. The van der Waals surface area contributed by atoms with Crippen molar-refractivity contribution in [1.82, 2.24) is 9.55 Å². The molecular formula is C31H23ClN2O. The monoisotopic (exact) mass is 474 g/mol. The topological polar surface area (TPSA) is 34.9 Å². The molecule has 3 aromatic carbocycles. The minimum Gasteiger partial charge on any atom is -0.311 e. The van der Waals surface area contributed by atoms with Gasteiger partial charge in [0.1, 0.15) is 0 Å². The van der Waals surface area contributed by atoms with Gasteiger partial charge < -0.3 is 4.57 Å². The Balaban J connectivity index is 1.80. The number of fused-ring (bicyclic) bond motifs is 1. The van der Waals surface area contributed by atoms with Crippen molar-refractivity contribution >= 4 is 22.5 Å². The second-order valence-electron chi connectivity index (χ2n) is 8.67. The fourth-order valence-corrected chi connectivity index (χ4v) is 4.78. The highest BCUT2D eigenvalue weighted by atomic mass is 35.5. The van der Waals surface area contributed by atoms with E-state index in [0.717, 1.165) is 49.8 Å². The largest absolute Gasteiger partial charge is 0.311 e. The summed E-state index contributed by atoms with van der Waals surface area (Å²) in [4.78, 5) is 17.2. The lowest BCUT2D eigenvalue weighted by atomic mass is 9.83. The molecule has 1 atom stereocenters. The molecule has 170 valence electrons. The predicted molar refractivity (Wildman–Crippen MR) is 144 cm³/mol. The first kappa shape index (κ1) is 22.7. The maximum absolute atomic E-state index is 12.8. The highest BCUT2D eigenvalue weighted by Gasteiger charge is 2.21. The third kappa shape index (κ3) is 4.25. The molecule has 0 bridgehead atoms. The molecule has 0 fully saturated rings. The van der Waals surface area contributed by atoms with Gasteiger partial charge in [-0.1, -0.05) is 47.9 Å². The third-order valence-electron chi connectivity index (χ3n) is 6.54. The van der Waals surface area contributed by atoms with Crippen LogP contribution in [0, 0.1) is 19.3 Å². The Morgan fingerprint density at radius 1 is 0.971 bits per heavy atom. The maximum atomic E-state index is 12.8. The van der Waals surface area contributed by atoms with Crippen LogP contribution in [-0.2, 0) is 7.05 Å². The van der Waals surface area contributed by atoms with Gasteiger partial charge in [-0.05, 0) is 82.8 Å². The van der Waals surface area contributed by atoms with Gasteiger partial charge in [0, 0.05) is 47.4 Å². The van der Waals surface area contributed by atoms with Crippen molar-refractivity contribution in [3.05, 3.63) is 134 Å². The maximum Gasteiger partial charge on any atom is 0.251 e. The Kier molecular flexibility index (Phi) is 5.99. The van der Waals surface area contributed by atoms with Gasteiger partial charge in [-0.3, -0.25) is 9.78 Å². The first-order chi connectivity index (χ1) is 17.0. The summed E-state index contributed by atoms with van der Waals surface area (Å²) in [5.74, 6) is 2.64. The molecule has 0 aliphatic rings. The van der Waals surface area contributed by atoms with E-state index >= 15 is 0 Å². The summed E-state index contributed by atoms with van der Waals surface area (Å²) in [6.45, 7) is 2.10.